The molecule has 0 atom stereocenters. The van der Waals surface area contributed by atoms with Crippen LogP contribution >= 0.6 is 0 Å². The van der Waals surface area contributed by atoms with Gasteiger partial charge in [0.15, 0.2) is 11.6 Å². The second-order valence-electron chi connectivity index (χ2n) is 4.31. The van der Waals surface area contributed by atoms with Crippen molar-refractivity contribution < 1.29 is 9.18 Å². The molecule has 2 rings (SSSR count). The quantitative estimate of drug-likeness (QED) is 0.779. The molecule has 0 saturated heterocycles. The number of halogens is 1. The predicted octanol–water partition coefficient (Wildman–Crippen LogP) is 2.42. The molecule has 0 N–H and O–H groups in total. The Bertz CT molecular complexity index is 563. The standard InChI is InChI=1S/C13H14FN3O/c1-9(2)17-7-5-10(16-17)8-12(18)13-11(14)4-3-6-15-13/h3-7,9H,8H2,1-2H3. The molecule has 0 aliphatic carbocycles. The number of aromatic nitrogens is 3. The number of hydrogen-bond donors (Lipinski definition) is 0. The number of nitrogens with zero attached hydrogens (tertiary/aromatic N) is 3. The summed E-state index contributed by atoms with van der Waals surface area (Å²) in [6.07, 6.45) is 3.28. The fourth-order valence-electron chi connectivity index (χ4n) is 1.60. The molecule has 4 nitrogen and oxygen atoms in total. The minimum atomic E-state index is -0.592. The SMILES string of the molecule is CC(C)n1ccc(CC(=O)c2ncccc2F)n1. The van der Waals surface area contributed by atoms with Crippen LogP contribution in [-0.2, 0) is 6.42 Å². The normalized spacial score (nSPS) is 10.9. The molecule has 0 radical (unpaired) electrons. The lowest BCUT2D eigenvalue weighted by atomic mass is 10.1. The van der Waals surface area contributed by atoms with Gasteiger partial charge >= 0.3 is 0 Å². The molecule has 0 fully saturated rings. The van der Waals surface area contributed by atoms with E-state index < -0.39 is 5.82 Å². The fraction of sp³-hybridized carbons (Fsp3) is 0.308. The van der Waals surface area contributed by atoms with Gasteiger partial charge in [0.1, 0.15) is 5.69 Å². The van der Waals surface area contributed by atoms with Gasteiger partial charge in [0, 0.05) is 18.4 Å². The first kappa shape index (κ1) is 12.4. The van der Waals surface area contributed by atoms with E-state index in [0.717, 1.165) is 0 Å². The molecule has 0 amide bonds. The van der Waals surface area contributed by atoms with E-state index in [9.17, 15) is 9.18 Å². The van der Waals surface area contributed by atoms with E-state index in [1.807, 2.05) is 20.0 Å². The topological polar surface area (TPSA) is 47.8 Å². The molecular weight excluding hydrogens is 233 g/mol. The molecule has 94 valence electrons. The molecule has 5 heteroatoms. The first-order chi connectivity index (χ1) is 8.58. The van der Waals surface area contributed by atoms with Gasteiger partial charge in [-0.2, -0.15) is 5.10 Å². The highest BCUT2D eigenvalue weighted by Crippen LogP contribution is 2.09. The van der Waals surface area contributed by atoms with Crippen LogP contribution in [0.1, 0.15) is 36.1 Å². The molecular formula is C13H14FN3O. The van der Waals surface area contributed by atoms with E-state index in [-0.39, 0.29) is 23.9 Å². The van der Waals surface area contributed by atoms with Crippen molar-refractivity contribution in [1.29, 1.82) is 0 Å². The van der Waals surface area contributed by atoms with Crippen molar-refractivity contribution in [2.24, 2.45) is 0 Å². The zero-order valence-electron chi connectivity index (χ0n) is 10.3. The maximum atomic E-state index is 13.4. The van der Waals surface area contributed by atoms with E-state index in [0.29, 0.717) is 5.69 Å². The number of ketones is 1. The van der Waals surface area contributed by atoms with E-state index in [2.05, 4.69) is 10.1 Å². The van der Waals surface area contributed by atoms with Crippen molar-refractivity contribution in [2.45, 2.75) is 26.3 Å². The minimum Gasteiger partial charge on any atom is -0.292 e. The molecule has 0 aromatic carbocycles. The second kappa shape index (κ2) is 5.08. The Morgan fingerprint density at radius 1 is 1.44 bits per heavy atom. The van der Waals surface area contributed by atoms with E-state index in [1.165, 1.54) is 18.3 Å². The van der Waals surface area contributed by atoms with Gasteiger partial charge in [-0.1, -0.05) is 0 Å². The van der Waals surface area contributed by atoms with Gasteiger partial charge in [0.25, 0.3) is 0 Å². The Kier molecular flexibility index (Phi) is 3.50. The maximum absolute atomic E-state index is 13.4. The Hall–Kier alpha value is -2.04. The first-order valence-corrected chi connectivity index (χ1v) is 5.75. The third kappa shape index (κ3) is 2.61. The summed E-state index contributed by atoms with van der Waals surface area (Å²) in [4.78, 5) is 15.6. The van der Waals surface area contributed by atoms with Crippen LogP contribution in [0.25, 0.3) is 0 Å². The monoisotopic (exact) mass is 247 g/mol. The Morgan fingerprint density at radius 3 is 2.83 bits per heavy atom. The van der Waals surface area contributed by atoms with Crippen molar-refractivity contribution in [2.75, 3.05) is 0 Å². The van der Waals surface area contributed by atoms with E-state index in [4.69, 9.17) is 0 Å². The molecule has 0 saturated carbocycles. The van der Waals surface area contributed by atoms with Crippen LogP contribution in [0.2, 0.25) is 0 Å². The van der Waals surface area contributed by atoms with Crippen LogP contribution in [0.15, 0.2) is 30.6 Å². The highest BCUT2D eigenvalue weighted by atomic mass is 19.1. The lowest BCUT2D eigenvalue weighted by molar-refractivity contribution is 0.0982. The summed E-state index contributed by atoms with van der Waals surface area (Å²) in [5, 5.41) is 4.25. The van der Waals surface area contributed by atoms with Crippen molar-refractivity contribution in [3.63, 3.8) is 0 Å². The number of carbonyl (C=O) groups is 1. The highest BCUT2D eigenvalue weighted by Gasteiger charge is 2.15. The summed E-state index contributed by atoms with van der Waals surface area (Å²) in [6, 6.07) is 4.69. The molecule has 0 aliphatic heterocycles. The number of Topliss-reactive ketones (excluding diaryl/α,β-unsaturated/α-hetero) is 1. The zero-order chi connectivity index (χ0) is 13.1. The lowest BCUT2D eigenvalue weighted by Crippen LogP contribution is -2.10. The summed E-state index contributed by atoms with van der Waals surface area (Å²) >= 11 is 0. The smallest absolute Gasteiger partial charge is 0.190 e. The number of rotatable bonds is 4. The van der Waals surface area contributed by atoms with Crippen molar-refractivity contribution >= 4 is 5.78 Å². The molecule has 2 aromatic rings. The maximum Gasteiger partial charge on any atom is 0.190 e. The van der Waals surface area contributed by atoms with E-state index >= 15 is 0 Å². The molecule has 0 spiro atoms. The Balaban J connectivity index is 2.14. The summed E-state index contributed by atoms with van der Waals surface area (Å²) in [7, 11) is 0. The van der Waals surface area contributed by atoms with Gasteiger partial charge in [0.05, 0.1) is 12.1 Å². The van der Waals surface area contributed by atoms with Gasteiger partial charge < -0.3 is 0 Å². The summed E-state index contributed by atoms with van der Waals surface area (Å²) in [6.45, 7) is 3.99. The molecule has 0 aliphatic rings. The Morgan fingerprint density at radius 2 is 2.22 bits per heavy atom. The first-order valence-electron chi connectivity index (χ1n) is 5.75. The predicted molar refractivity (Wildman–Crippen MR) is 64.8 cm³/mol. The van der Waals surface area contributed by atoms with Crippen LogP contribution < -0.4 is 0 Å². The highest BCUT2D eigenvalue weighted by molar-refractivity contribution is 5.95. The van der Waals surface area contributed by atoms with Crippen LogP contribution in [-0.4, -0.2) is 20.5 Å². The van der Waals surface area contributed by atoms with Gasteiger partial charge in [-0.25, -0.2) is 4.39 Å². The number of carbonyl (C=O) groups excluding carboxylic acids is 1. The molecule has 0 bridgehead atoms. The number of pyridine rings is 1. The largest absolute Gasteiger partial charge is 0.292 e. The summed E-state index contributed by atoms with van der Waals surface area (Å²) in [5.74, 6) is -0.951. The molecule has 2 heterocycles. The van der Waals surface area contributed by atoms with Gasteiger partial charge in [-0.15, -0.1) is 0 Å². The third-order valence-corrected chi connectivity index (χ3v) is 2.56. The van der Waals surface area contributed by atoms with Crippen molar-refractivity contribution in [3.8, 4) is 0 Å². The summed E-state index contributed by atoms with van der Waals surface area (Å²) < 4.78 is 15.1. The van der Waals surface area contributed by atoms with Gasteiger partial charge in [-0.05, 0) is 32.0 Å². The second-order valence-corrected chi connectivity index (χ2v) is 4.31. The van der Waals surface area contributed by atoms with Gasteiger partial charge in [0.2, 0.25) is 0 Å². The van der Waals surface area contributed by atoms with Crippen molar-refractivity contribution in [1.82, 2.24) is 14.8 Å². The molecule has 18 heavy (non-hydrogen) atoms. The summed E-state index contributed by atoms with van der Waals surface area (Å²) in [5.41, 5.74) is 0.496. The minimum absolute atomic E-state index is 0.0631. The molecule has 2 aromatic heterocycles. The van der Waals surface area contributed by atoms with Crippen LogP contribution in [0.4, 0.5) is 4.39 Å². The zero-order valence-corrected chi connectivity index (χ0v) is 10.3. The third-order valence-electron chi connectivity index (χ3n) is 2.56. The average molecular weight is 247 g/mol. The van der Waals surface area contributed by atoms with Crippen LogP contribution in [0, 0.1) is 5.82 Å². The molecule has 0 unspecified atom stereocenters. The Labute approximate surface area is 104 Å². The van der Waals surface area contributed by atoms with E-state index in [1.54, 1.807) is 10.7 Å². The van der Waals surface area contributed by atoms with Crippen molar-refractivity contribution in [3.05, 3.63) is 47.8 Å². The van der Waals surface area contributed by atoms with Crippen LogP contribution in [0.5, 0.6) is 0 Å². The lowest BCUT2D eigenvalue weighted by Gasteiger charge is -2.03. The van der Waals surface area contributed by atoms with Crippen LogP contribution in [0.3, 0.4) is 0 Å². The van der Waals surface area contributed by atoms with Gasteiger partial charge in [-0.3, -0.25) is 14.5 Å². The number of hydrogen-bond acceptors (Lipinski definition) is 3. The fourth-order valence-corrected chi connectivity index (χ4v) is 1.60. The average Bonchev–Trinajstić information content (AvgIpc) is 2.78.